The van der Waals surface area contributed by atoms with Crippen LogP contribution < -0.4 is 14.8 Å². The number of carbonyl (C=O) groups excluding carboxylic acids is 1. The first-order valence-corrected chi connectivity index (χ1v) is 9.50. The van der Waals surface area contributed by atoms with Gasteiger partial charge in [-0.3, -0.25) is 4.79 Å². The maximum absolute atomic E-state index is 12.3. The molecule has 0 saturated heterocycles. The van der Waals surface area contributed by atoms with E-state index in [1.807, 2.05) is 26.0 Å². The van der Waals surface area contributed by atoms with Crippen LogP contribution in [0.2, 0.25) is 0 Å². The van der Waals surface area contributed by atoms with Gasteiger partial charge in [0.1, 0.15) is 0 Å². The Morgan fingerprint density at radius 1 is 1.07 bits per heavy atom. The molecule has 0 unspecified atom stereocenters. The van der Waals surface area contributed by atoms with Crippen LogP contribution in [0.4, 0.5) is 5.69 Å². The van der Waals surface area contributed by atoms with Crippen LogP contribution in [0.3, 0.4) is 0 Å². The minimum atomic E-state index is -0.174. The van der Waals surface area contributed by atoms with Gasteiger partial charge in [-0.25, -0.2) is 0 Å². The average Bonchev–Trinajstić information content (AvgIpc) is 3.14. The summed E-state index contributed by atoms with van der Waals surface area (Å²) >= 11 is 1.26. The molecule has 0 fully saturated rings. The van der Waals surface area contributed by atoms with Crippen molar-refractivity contribution in [3.63, 3.8) is 0 Å². The Balaban J connectivity index is 1.67. The van der Waals surface area contributed by atoms with E-state index in [-0.39, 0.29) is 11.7 Å². The molecule has 28 heavy (non-hydrogen) atoms. The van der Waals surface area contributed by atoms with Gasteiger partial charge in [0.2, 0.25) is 11.1 Å². The maximum atomic E-state index is 12.3. The van der Waals surface area contributed by atoms with Crippen LogP contribution in [0.5, 0.6) is 11.5 Å². The molecule has 2 aromatic carbocycles. The molecule has 0 spiro atoms. The van der Waals surface area contributed by atoms with E-state index in [9.17, 15) is 4.79 Å². The topological polar surface area (TPSA) is 91.2 Å². The van der Waals surface area contributed by atoms with Crippen LogP contribution in [0, 0.1) is 13.8 Å². The first kappa shape index (κ1) is 19.7. The molecule has 3 rings (SSSR count). The van der Waals surface area contributed by atoms with Crippen LogP contribution in [0.1, 0.15) is 11.1 Å². The van der Waals surface area contributed by atoms with Crippen molar-refractivity contribution < 1.29 is 14.3 Å². The predicted octanol–water partition coefficient (Wildman–Crippen LogP) is 3.03. The van der Waals surface area contributed by atoms with E-state index >= 15 is 0 Å². The second-order valence-electron chi connectivity index (χ2n) is 6.13. The third-order valence-corrected chi connectivity index (χ3v) is 4.81. The number of ether oxygens (including phenoxy) is 2. The summed E-state index contributed by atoms with van der Waals surface area (Å²) < 4.78 is 12.1. The lowest BCUT2D eigenvalue weighted by molar-refractivity contribution is -0.113. The fourth-order valence-electron chi connectivity index (χ4n) is 2.75. The van der Waals surface area contributed by atoms with Crippen molar-refractivity contribution in [2.24, 2.45) is 0 Å². The molecule has 1 amide bonds. The van der Waals surface area contributed by atoms with Gasteiger partial charge >= 0.3 is 0 Å². The number of nitrogens with one attached hydrogen (secondary N) is 1. The van der Waals surface area contributed by atoms with Gasteiger partial charge in [0.25, 0.3) is 0 Å². The number of aromatic nitrogens is 4. The Bertz CT molecular complexity index is 969. The summed E-state index contributed by atoms with van der Waals surface area (Å²) in [7, 11) is 3.11. The van der Waals surface area contributed by atoms with E-state index < -0.39 is 0 Å². The van der Waals surface area contributed by atoms with E-state index in [0.717, 1.165) is 16.8 Å². The van der Waals surface area contributed by atoms with E-state index in [1.54, 1.807) is 37.1 Å². The Hall–Kier alpha value is -3.07. The van der Waals surface area contributed by atoms with Crippen LogP contribution in [-0.2, 0) is 4.79 Å². The summed E-state index contributed by atoms with van der Waals surface area (Å²) in [5, 5.41) is 15.2. The van der Waals surface area contributed by atoms with Gasteiger partial charge in [-0.2, -0.15) is 4.68 Å². The minimum absolute atomic E-state index is 0.166. The van der Waals surface area contributed by atoms with Gasteiger partial charge < -0.3 is 14.8 Å². The summed E-state index contributed by atoms with van der Waals surface area (Å²) in [4.78, 5) is 12.3. The second kappa shape index (κ2) is 8.75. The number of anilines is 1. The SMILES string of the molecule is COc1ccc(NC(=O)CSc2nnnn2-c2cc(C)cc(C)c2)cc1OC. The van der Waals surface area contributed by atoms with Crippen LogP contribution in [0.15, 0.2) is 41.6 Å². The molecule has 3 aromatic rings. The molecule has 9 heteroatoms. The highest BCUT2D eigenvalue weighted by molar-refractivity contribution is 7.99. The van der Waals surface area contributed by atoms with E-state index in [2.05, 4.69) is 26.9 Å². The molecule has 0 saturated carbocycles. The lowest BCUT2D eigenvalue weighted by atomic mass is 10.1. The van der Waals surface area contributed by atoms with Crippen LogP contribution in [-0.4, -0.2) is 46.1 Å². The number of thioether (sulfide) groups is 1. The van der Waals surface area contributed by atoms with Crippen molar-refractivity contribution in [1.29, 1.82) is 0 Å². The summed E-state index contributed by atoms with van der Waals surface area (Å²) in [5.41, 5.74) is 3.72. The lowest BCUT2D eigenvalue weighted by Gasteiger charge is -2.10. The third kappa shape index (κ3) is 4.61. The van der Waals surface area contributed by atoms with Crippen molar-refractivity contribution in [2.75, 3.05) is 25.3 Å². The molecule has 0 aliphatic rings. The van der Waals surface area contributed by atoms with E-state index in [4.69, 9.17) is 9.47 Å². The van der Waals surface area contributed by atoms with Gasteiger partial charge in [-0.15, -0.1) is 5.10 Å². The number of rotatable bonds is 7. The maximum Gasteiger partial charge on any atom is 0.234 e. The molecule has 0 radical (unpaired) electrons. The van der Waals surface area contributed by atoms with Gasteiger partial charge in [0.15, 0.2) is 11.5 Å². The molecule has 146 valence electrons. The minimum Gasteiger partial charge on any atom is -0.493 e. The Labute approximate surface area is 167 Å². The van der Waals surface area contributed by atoms with Crippen molar-refractivity contribution in [3.05, 3.63) is 47.5 Å². The third-order valence-electron chi connectivity index (χ3n) is 3.89. The predicted molar refractivity (Wildman–Crippen MR) is 108 cm³/mol. The Kier molecular flexibility index (Phi) is 6.15. The molecule has 0 aliphatic heterocycles. The smallest absolute Gasteiger partial charge is 0.234 e. The van der Waals surface area contributed by atoms with E-state index in [0.29, 0.717) is 22.3 Å². The molecule has 8 nitrogen and oxygen atoms in total. The van der Waals surface area contributed by atoms with Gasteiger partial charge in [-0.05, 0) is 59.7 Å². The Morgan fingerprint density at radius 3 is 2.46 bits per heavy atom. The number of aryl methyl sites for hydroxylation is 2. The fourth-order valence-corrected chi connectivity index (χ4v) is 3.44. The Morgan fingerprint density at radius 2 is 1.79 bits per heavy atom. The van der Waals surface area contributed by atoms with Crippen molar-refractivity contribution in [2.45, 2.75) is 19.0 Å². The second-order valence-corrected chi connectivity index (χ2v) is 7.07. The van der Waals surface area contributed by atoms with Gasteiger partial charge in [0, 0.05) is 11.8 Å². The van der Waals surface area contributed by atoms with Gasteiger partial charge in [0.05, 0.1) is 25.7 Å². The van der Waals surface area contributed by atoms with Crippen molar-refractivity contribution >= 4 is 23.4 Å². The van der Waals surface area contributed by atoms with E-state index in [1.165, 1.54) is 11.8 Å². The monoisotopic (exact) mass is 399 g/mol. The molecule has 0 bridgehead atoms. The van der Waals surface area contributed by atoms with Gasteiger partial charge in [-0.1, -0.05) is 17.8 Å². The molecular formula is C19H21N5O3S. The molecule has 1 aromatic heterocycles. The molecular weight excluding hydrogens is 378 g/mol. The van der Waals surface area contributed by atoms with Crippen molar-refractivity contribution in [1.82, 2.24) is 20.2 Å². The van der Waals surface area contributed by atoms with Crippen LogP contribution >= 0.6 is 11.8 Å². The van der Waals surface area contributed by atoms with Crippen molar-refractivity contribution in [3.8, 4) is 17.2 Å². The molecule has 0 aliphatic carbocycles. The number of tetrazole rings is 1. The number of nitrogens with zero attached hydrogens (tertiary/aromatic N) is 4. The molecule has 0 atom stereocenters. The highest BCUT2D eigenvalue weighted by Crippen LogP contribution is 2.30. The highest BCUT2D eigenvalue weighted by atomic mass is 32.2. The first-order chi connectivity index (χ1) is 13.5. The van der Waals surface area contributed by atoms with Crippen LogP contribution in [0.25, 0.3) is 5.69 Å². The molecule has 1 heterocycles. The summed E-state index contributed by atoms with van der Waals surface area (Å²) in [5.74, 6) is 1.14. The number of carbonyl (C=O) groups is 1. The number of amides is 1. The number of hydrogen-bond donors (Lipinski definition) is 1. The quantitative estimate of drug-likeness (QED) is 0.611. The number of benzene rings is 2. The molecule has 1 N–H and O–H groups in total. The zero-order chi connectivity index (χ0) is 20.1. The summed E-state index contributed by atoms with van der Waals surface area (Å²) in [6, 6.07) is 11.3. The fraction of sp³-hybridized carbons (Fsp3) is 0.263. The lowest BCUT2D eigenvalue weighted by Crippen LogP contribution is -2.14. The average molecular weight is 399 g/mol. The zero-order valence-electron chi connectivity index (χ0n) is 16.1. The normalized spacial score (nSPS) is 10.6. The number of hydrogen-bond acceptors (Lipinski definition) is 7. The largest absolute Gasteiger partial charge is 0.493 e. The highest BCUT2D eigenvalue weighted by Gasteiger charge is 2.13. The zero-order valence-corrected chi connectivity index (χ0v) is 16.9. The summed E-state index contributed by atoms with van der Waals surface area (Å²) in [6.07, 6.45) is 0. The standard InChI is InChI=1S/C19H21N5O3S/c1-12-7-13(2)9-15(8-12)24-19(21-22-23-24)28-11-18(25)20-14-5-6-16(26-3)17(10-14)27-4/h5-10H,11H2,1-4H3,(H,20,25). The summed E-state index contributed by atoms with van der Waals surface area (Å²) in [6.45, 7) is 4.04. The number of methoxy groups -OCH3 is 2. The first-order valence-electron chi connectivity index (χ1n) is 8.52.